The second-order valence-electron chi connectivity index (χ2n) is 5.71. The van der Waals surface area contributed by atoms with Gasteiger partial charge in [-0.25, -0.2) is 4.98 Å². The van der Waals surface area contributed by atoms with Crippen LogP contribution in [0.3, 0.4) is 0 Å². The van der Waals surface area contributed by atoms with Gasteiger partial charge in [-0.15, -0.1) is 0 Å². The standard InChI is InChI=1S/C17H27N3O2/c1-4-20(5-2)12-11-19(3)10-6-7-14-8-9-15-16(18-14)13-22-17(15)21/h8-9,13,21H,4-7,10-12H2,1-3H3. The van der Waals surface area contributed by atoms with Gasteiger partial charge in [0.1, 0.15) is 11.8 Å². The smallest absolute Gasteiger partial charge is 0.291 e. The third-order valence-corrected chi connectivity index (χ3v) is 4.16. The number of pyridine rings is 1. The number of aromatic hydroxyl groups is 1. The summed E-state index contributed by atoms with van der Waals surface area (Å²) in [5.41, 5.74) is 1.77. The quantitative estimate of drug-likeness (QED) is 0.772. The van der Waals surface area contributed by atoms with Crippen LogP contribution in [0, 0.1) is 0 Å². The van der Waals surface area contributed by atoms with Crippen molar-refractivity contribution in [1.29, 1.82) is 0 Å². The minimum absolute atomic E-state index is 0.0508. The molecule has 0 spiro atoms. The molecule has 0 fully saturated rings. The molecule has 0 aliphatic rings. The molecule has 0 radical (unpaired) electrons. The van der Waals surface area contributed by atoms with Crippen LogP contribution in [-0.4, -0.2) is 59.7 Å². The maximum Gasteiger partial charge on any atom is 0.291 e. The van der Waals surface area contributed by atoms with Crippen LogP contribution in [0.2, 0.25) is 0 Å². The SMILES string of the molecule is CCN(CC)CCN(C)CCCc1ccc2c(O)occ2n1. The Hall–Kier alpha value is -1.59. The molecule has 2 heterocycles. The highest BCUT2D eigenvalue weighted by Crippen LogP contribution is 2.25. The van der Waals surface area contributed by atoms with Gasteiger partial charge in [0.25, 0.3) is 5.95 Å². The summed E-state index contributed by atoms with van der Waals surface area (Å²) in [4.78, 5) is 9.33. The molecule has 0 unspecified atom stereocenters. The molecule has 0 aliphatic carbocycles. The van der Waals surface area contributed by atoms with Crippen LogP contribution in [0.15, 0.2) is 22.8 Å². The van der Waals surface area contributed by atoms with E-state index >= 15 is 0 Å². The first kappa shape index (κ1) is 16.8. The first-order valence-corrected chi connectivity index (χ1v) is 8.11. The average Bonchev–Trinajstić information content (AvgIpc) is 2.89. The van der Waals surface area contributed by atoms with E-state index in [0.29, 0.717) is 5.39 Å². The molecule has 5 nitrogen and oxygen atoms in total. The van der Waals surface area contributed by atoms with E-state index in [-0.39, 0.29) is 5.95 Å². The molecule has 1 N–H and O–H groups in total. The van der Waals surface area contributed by atoms with Crippen molar-refractivity contribution in [3.63, 3.8) is 0 Å². The number of aromatic nitrogens is 1. The maximum atomic E-state index is 9.48. The van der Waals surface area contributed by atoms with E-state index in [1.165, 1.54) is 6.26 Å². The highest BCUT2D eigenvalue weighted by molar-refractivity contribution is 5.82. The van der Waals surface area contributed by atoms with Gasteiger partial charge in [0.05, 0.1) is 5.39 Å². The van der Waals surface area contributed by atoms with Gasteiger partial charge in [-0.3, -0.25) is 0 Å². The van der Waals surface area contributed by atoms with E-state index in [1.54, 1.807) is 0 Å². The fourth-order valence-corrected chi connectivity index (χ4v) is 2.60. The topological polar surface area (TPSA) is 52.7 Å². The highest BCUT2D eigenvalue weighted by atomic mass is 16.5. The lowest BCUT2D eigenvalue weighted by Crippen LogP contribution is -2.33. The number of hydrogen-bond donors (Lipinski definition) is 1. The van der Waals surface area contributed by atoms with Crippen molar-refractivity contribution in [3.8, 4) is 5.95 Å². The summed E-state index contributed by atoms with van der Waals surface area (Å²) in [5, 5.41) is 10.2. The predicted octanol–water partition coefficient (Wildman–Crippen LogP) is 2.74. The summed E-state index contributed by atoms with van der Waals surface area (Å²) in [6.07, 6.45) is 3.53. The average molecular weight is 305 g/mol. The van der Waals surface area contributed by atoms with E-state index in [2.05, 4.69) is 35.7 Å². The number of aryl methyl sites for hydroxylation is 1. The Morgan fingerprint density at radius 3 is 2.64 bits per heavy atom. The van der Waals surface area contributed by atoms with Crippen molar-refractivity contribution in [3.05, 3.63) is 24.1 Å². The van der Waals surface area contributed by atoms with Crippen molar-refractivity contribution in [2.75, 3.05) is 39.8 Å². The molecule has 0 atom stereocenters. The minimum atomic E-state index is -0.0508. The lowest BCUT2D eigenvalue weighted by molar-refractivity contribution is 0.239. The molecule has 0 aliphatic heterocycles. The molecule has 0 aromatic carbocycles. The van der Waals surface area contributed by atoms with E-state index in [1.807, 2.05) is 12.1 Å². The third-order valence-electron chi connectivity index (χ3n) is 4.16. The van der Waals surface area contributed by atoms with E-state index < -0.39 is 0 Å². The lowest BCUT2D eigenvalue weighted by Gasteiger charge is -2.22. The molecule has 122 valence electrons. The molecule has 0 saturated heterocycles. The zero-order chi connectivity index (χ0) is 15.9. The first-order chi connectivity index (χ1) is 10.6. The second kappa shape index (κ2) is 8.15. The Bertz CT molecular complexity index is 578. The van der Waals surface area contributed by atoms with Crippen molar-refractivity contribution in [2.24, 2.45) is 0 Å². The summed E-state index contributed by atoms with van der Waals surface area (Å²) >= 11 is 0. The third kappa shape index (κ3) is 4.45. The van der Waals surface area contributed by atoms with Crippen molar-refractivity contribution in [2.45, 2.75) is 26.7 Å². The summed E-state index contributed by atoms with van der Waals surface area (Å²) in [7, 11) is 2.17. The predicted molar refractivity (Wildman–Crippen MR) is 89.3 cm³/mol. The zero-order valence-corrected chi connectivity index (χ0v) is 13.9. The minimum Gasteiger partial charge on any atom is -0.480 e. The molecular weight excluding hydrogens is 278 g/mol. The second-order valence-corrected chi connectivity index (χ2v) is 5.71. The van der Waals surface area contributed by atoms with E-state index in [4.69, 9.17) is 4.42 Å². The van der Waals surface area contributed by atoms with Gasteiger partial charge in [0.15, 0.2) is 0 Å². The van der Waals surface area contributed by atoms with Crippen molar-refractivity contribution >= 4 is 10.9 Å². The van der Waals surface area contributed by atoms with Gasteiger partial charge in [-0.1, -0.05) is 13.8 Å². The first-order valence-electron chi connectivity index (χ1n) is 8.11. The van der Waals surface area contributed by atoms with Crippen LogP contribution in [0.4, 0.5) is 0 Å². The fourth-order valence-electron chi connectivity index (χ4n) is 2.60. The monoisotopic (exact) mass is 305 g/mol. The molecule has 5 heteroatoms. The zero-order valence-electron chi connectivity index (χ0n) is 13.9. The number of hydrogen-bond acceptors (Lipinski definition) is 5. The summed E-state index contributed by atoms with van der Waals surface area (Å²) in [6.45, 7) is 9.94. The Kier molecular flexibility index (Phi) is 6.21. The van der Waals surface area contributed by atoms with Gasteiger partial charge >= 0.3 is 0 Å². The van der Waals surface area contributed by atoms with Gasteiger partial charge in [0.2, 0.25) is 0 Å². The van der Waals surface area contributed by atoms with Crippen LogP contribution in [0.25, 0.3) is 10.9 Å². The van der Waals surface area contributed by atoms with Crippen LogP contribution < -0.4 is 0 Å². The molecule has 2 rings (SSSR count). The normalized spacial score (nSPS) is 11.9. The van der Waals surface area contributed by atoms with Crippen molar-refractivity contribution < 1.29 is 9.52 Å². The number of likely N-dealkylation sites (N-methyl/N-ethyl adjacent to an activating group) is 2. The Morgan fingerprint density at radius 2 is 1.91 bits per heavy atom. The van der Waals surface area contributed by atoms with Gasteiger partial charge in [-0.05, 0) is 51.7 Å². The molecule has 2 aromatic heterocycles. The number of rotatable bonds is 9. The number of fused-ring (bicyclic) bond motifs is 1. The van der Waals surface area contributed by atoms with Gasteiger partial charge < -0.3 is 19.3 Å². The van der Waals surface area contributed by atoms with Crippen LogP contribution >= 0.6 is 0 Å². The summed E-state index contributed by atoms with van der Waals surface area (Å²) in [6, 6.07) is 3.84. The molecule has 2 aromatic rings. The Balaban J connectivity index is 1.75. The molecular formula is C17H27N3O2. The van der Waals surface area contributed by atoms with Crippen LogP contribution in [-0.2, 0) is 6.42 Å². The summed E-state index contributed by atoms with van der Waals surface area (Å²) in [5.74, 6) is -0.0508. The maximum absolute atomic E-state index is 9.48. The summed E-state index contributed by atoms with van der Waals surface area (Å²) < 4.78 is 4.97. The Labute approximate surface area is 132 Å². The van der Waals surface area contributed by atoms with Crippen LogP contribution in [0.5, 0.6) is 5.95 Å². The molecule has 0 bridgehead atoms. The molecule has 0 saturated carbocycles. The van der Waals surface area contributed by atoms with Crippen LogP contribution in [0.1, 0.15) is 26.0 Å². The van der Waals surface area contributed by atoms with E-state index in [0.717, 1.165) is 56.8 Å². The highest BCUT2D eigenvalue weighted by Gasteiger charge is 2.07. The van der Waals surface area contributed by atoms with Gasteiger partial charge in [-0.2, -0.15) is 0 Å². The van der Waals surface area contributed by atoms with E-state index in [9.17, 15) is 5.11 Å². The van der Waals surface area contributed by atoms with Crippen molar-refractivity contribution in [1.82, 2.24) is 14.8 Å². The number of nitrogens with zero attached hydrogens (tertiary/aromatic N) is 3. The number of furan rings is 1. The Morgan fingerprint density at radius 1 is 1.14 bits per heavy atom. The van der Waals surface area contributed by atoms with Gasteiger partial charge in [0, 0.05) is 18.8 Å². The largest absolute Gasteiger partial charge is 0.480 e. The lowest BCUT2D eigenvalue weighted by atomic mass is 10.2. The molecule has 0 amide bonds. The fraction of sp³-hybridized carbons (Fsp3) is 0.588. The molecule has 22 heavy (non-hydrogen) atoms.